The van der Waals surface area contributed by atoms with E-state index in [1.807, 2.05) is 0 Å². The number of phenolic OH excluding ortho intramolecular Hbond substituents is 2. The highest BCUT2D eigenvalue weighted by Gasteiger charge is 2.15. The number of halogens is 1. The molecule has 0 atom stereocenters. The summed E-state index contributed by atoms with van der Waals surface area (Å²) in [5, 5.41) is 27.1. The molecule has 0 aliphatic heterocycles. The number of hydrogen-bond donors (Lipinski definition) is 3. The molecule has 0 aromatic heterocycles. The summed E-state index contributed by atoms with van der Waals surface area (Å²) in [7, 11) is 0. The van der Waals surface area contributed by atoms with Crippen LogP contribution in [-0.2, 0) is 4.79 Å². The minimum Gasteiger partial charge on any atom is -0.507 e. The van der Waals surface area contributed by atoms with Crippen molar-refractivity contribution < 1.29 is 20.1 Å². The molecule has 0 aliphatic carbocycles. The first kappa shape index (κ1) is 11.4. The van der Waals surface area contributed by atoms with Crippen molar-refractivity contribution >= 4 is 23.1 Å². The summed E-state index contributed by atoms with van der Waals surface area (Å²) in [4.78, 5) is 10.6. The minimum absolute atomic E-state index is 0.0323. The van der Waals surface area contributed by atoms with Gasteiger partial charge in [0.1, 0.15) is 16.5 Å². The van der Waals surface area contributed by atoms with Crippen molar-refractivity contribution in [3.8, 4) is 11.5 Å². The monoisotopic (exact) mass is 228 g/mol. The normalized spacial score (nSPS) is 12.1. The fourth-order valence-corrected chi connectivity index (χ4v) is 1.28. The number of hydrogen-bond acceptors (Lipinski definition) is 3. The van der Waals surface area contributed by atoms with Crippen LogP contribution in [0.15, 0.2) is 23.2 Å². The lowest BCUT2D eigenvalue weighted by Crippen LogP contribution is -1.97. The molecule has 4 nitrogen and oxygen atoms in total. The molecule has 0 aliphatic rings. The van der Waals surface area contributed by atoms with E-state index in [9.17, 15) is 15.0 Å². The van der Waals surface area contributed by atoms with E-state index < -0.39 is 11.0 Å². The van der Waals surface area contributed by atoms with Gasteiger partial charge in [0.15, 0.2) is 0 Å². The molecule has 0 unspecified atom stereocenters. The van der Waals surface area contributed by atoms with E-state index in [0.717, 1.165) is 0 Å². The molecular weight excluding hydrogens is 220 g/mol. The molecule has 0 saturated carbocycles. The number of benzene rings is 1. The third-order valence-corrected chi connectivity index (χ3v) is 2.36. The summed E-state index contributed by atoms with van der Waals surface area (Å²) in [6.07, 6.45) is 0. The Morgan fingerprint density at radius 3 is 2.13 bits per heavy atom. The van der Waals surface area contributed by atoms with Crippen LogP contribution in [0.4, 0.5) is 0 Å². The summed E-state index contributed by atoms with van der Waals surface area (Å²) < 4.78 is 0. The van der Waals surface area contributed by atoms with Crippen molar-refractivity contribution in [3.63, 3.8) is 0 Å². The van der Waals surface area contributed by atoms with Crippen molar-refractivity contribution in [2.45, 2.75) is 6.92 Å². The van der Waals surface area contributed by atoms with Gasteiger partial charge in [-0.25, -0.2) is 4.79 Å². The van der Waals surface area contributed by atoms with Gasteiger partial charge in [-0.3, -0.25) is 0 Å². The van der Waals surface area contributed by atoms with Gasteiger partial charge in [0.25, 0.3) is 0 Å². The van der Waals surface area contributed by atoms with Gasteiger partial charge in [-0.05, 0) is 24.6 Å². The fourth-order valence-electron chi connectivity index (χ4n) is 1.18. The molecule has 0 amide bonds. The first-order valence-electron chi connectivity index (χ1n) is 4.06. The van der Waals surface area contributed by atoms with Gasteiger partial charge in [0.05, 0.1) is 5.56 Å². The highest BCUT2D eigenvalue weighted by molar-refractivity contribution is 6.44. The average molecular weight is 229 g/mol. The highest BCUT2D eigenvalue weighted by Crippen LogP contribution is 2.35. The zero-order chi connectivity index (χ0) is 11.6. The van der Waals surface area contributed by atoms with Crippen molar-refractivity contribution in [1.82, 2.24) is 0 Å². The molecular formula is C10H9ClO4. The third kappa shape index (κ3) is 2.22. The number of carbonyl (C=O) groups is 1. The number of carboxylic acid groups (broad SMARTS) is 1. The molecule has 80 valence electrons. The molecule has 0 fully saturated rings. The standard InChI is InChI=1S/C10H9ClO4/c1-5(9(11)10(14)15)8-6(12)3-2-4-7(8)13/h2-4,12-13H,1H3,(H,14,15). The molecule has 5 heteroatoms. The highest BCUT2D eigenvalue weighted by atomic mass is 35.5. The van der Waals surface area contributed by atoms with Gasteiger partial charge in [0, 0.05) is 0 Å². The Bertz CT molecular complexity index is 417. The number of aliphatic carboxylic acids is 1. The Morgan fingerprint density at radius 2 is 1.73 bits per heavy atom. The van der Waals surface area contributed by atoms with Crippen LogP contribution in [0.2, 0.25) is 0 Å². The van der Waals surface area contributed by atoms with Gasteiger partial charge >= 0.3 is 5.97 Å². The third-order valence-electron chi connectivity index (χ3n) is 1.91. The van der Waals surface area contributed by atoms with E-state index in [-0.39, 0.29) is 22.6 Å². The van der Waals surface area contributed by atoms with Gasteiger partial charge in [-0.1, -0.05) is 17.7 Å². The minimum atomic E-state index is -1.31. The number of carboxylic acids is 1. The van der Waals surface area contributed by atoms with Crippen molar-refractivity contribution in [1.29, 1.82) is 0 Å². The second kappa shape index (κ2) is 4.23. The zero-order valence-electron chi connectivity index (χ0n) is 7.86. The summed E-state index contributed by atoms with van der Waals surface area (Å²) >= 11 is 5.50. The lowest BCUT2D eigenvalue weighted by atomic mass is 10.0. The first-order chi connectivity index (χ1) is 6.95. The average Bonchev–Trinajstić information content (AvgIpc) is 2.15. The van der Waals surface area contributed by atoms with Crippen molar-refractivity contribution in [2.75, 3.05) is 0 Å². The topological polar surface area (TPSA) is 77.8 Å². The van der Waals surface area contributed by atoms with E-state index in [0.29, 0.717) is 0 Å². The molecule has 0 spiro atoms. The second-order valence-electron chi connectivity index (χ2n) is 2.92. The van der Waals surface area contributed by atoms with E-state index in [4.69, 9.17) is 16.7 Å². The summed E-state index contributed by atoms with van der Waals surface area (Å²) in [5.74, 6) is -1.74. The summed E-state index contributed by atoms with van der Waals surface area (Å²) in [6.45, 7) is 1.41. The van der Waals surface area contributed by atoms with Crippen LogP contribution in [0.25, 0.3) is 5.57 Å². The molecule has 1 rings (SSSR count). The van der Waals surface area contributed by atoms with Crippen LogP contribution in [0.3, 0.4) is 0 Å². The van der Waals surface area contributed by atoms with Gasteiger partial charge < -0.3 is 15.3 Å². The molecule has 0 saturated heterocycles. The Morgan fingerprint density at radius 1 is 1.27 bits per heavy atom. The first-order valence-corrected chi connectivity index (χ1v) is 4.44. The quantitative estimate of drug-likeness (QED) is 0.678. The molecule has 0 heterocycles. The molecule has 3 N–H and O–H groups in total. The van der Waals surface area contributed by atoms with Crippen LogP contribution in [0.5, 0.6) is 11.5 Å². The lowest BCUT2D eigenvalue weighted by molar-refractivity contribution is -0.131. The van der Waals surface area contributed by atoms with Crippen molar-refractivity contribution in [3.05, 3.63) is 28.8 Å². The molecule has 0 bridgehead atoms. The molecule has 1 aromatic carbocycles. The van der Waals surface area contributed by atoms with Crippen LogP contribution in [0, 0.1) is 0 Å². The zero-order valence-corrected chi connectivity index (χ0v) is 8.62. The van der Waals surface area contributed by atoms with E-state index in [2.05, 4.69) is 0 Å². The van der Waals surface area contributed by atoms with Gasteiger partial charge in [-0.2, -0.15) is 0 Å². The second-order valence-corrected chi connectivity index (χ2v) is 3.29. The van der Waals surface area contributed by atoms with Gasteiger partial charge in [-0.15, -0.1) is 0 Å². The Balaban J connectivity index is 3.40. The van der Waals surface area contributed by atoms with Crippen molar-refractivity contribution in [2.24, 2.45) is 0 Å². The predicted molar refractivity (Wildman–Crippen MR) is 55.9 cm³/mol. The Kier molecular flexibility index (Phi) is 3.21. The molecule has 1 aromatic rings. The maximum absolute atomic E-state index is 10.6. The summed E-state index contributed by atoms with van der Waals surface area (Å²) in [6, 6.07) is 4.12. The smallest absolute Gasteiger partial charge is 0.347 e. The fraction of sp³-hybridized carbons (Fsp3) is 0.100. The van der Waals surface area contributed by atoms with E-state index >= 15 is 0 Å². The Labute approximate surface area is 91.0 Å². The molecule has 15 heavy (non-hydrogen) atoms. The van der Waals surface area contributed by atoms with E-state index in [1.165, 1.54) is 25.1 Å². The van der Waals surface area contributed by atoms with Crippen LogP contribution >= 0.6 is 11.6 Å². The maximum atomic E-state index is 10.6. The lowest BCUT2D eigenvalue weighted by Gasteiger charge is -2.07. The summed E-state index contributed by atoms with van der Waals surface area (Å²) in [5.41, 5.74) is 0.143. The SMILES string of the molecule is CC(=C(Cl)C(=O)O)c1c(O)cccc1O. The van der Waals surface area contributed by atoms with Crippen LogP contribution in [0.1, 0.15) is 12.5 Å². The Hall–Kier alpha value is -1.68. The van der Waals surface area contributed by atoms with Gasteiger partial charge in [0.2, 0.25) is 0 Å². The molecule has 0 radical (unpaired) electrons. The number of aromatic hydroxyl groups is 2. The largest absolute Gasteiger partial charge is 0.507 e. The van der Waals surface area contributed by atoms with Crippen LogP contribution in [-0.4, -0.2) is 21.3 Å². The maximum Gasteiger partial charge on any atom is 0.347 e. The van der Waals surface area contributed by atoms with E-state index in [1.54, 1.807) is 0 Å². The number of rotatable bonds is 2. The predicted octanol–water partition coefficient (Wildman–Crippen LogP) is 2.15. The number of phenols is 2. The number of allylic oxidation sites excluding steroid dienone is 1. The van der Waals surface area contributed by atoms with Crippen LogP contribution < -0.4 is 0 Å².